The quantitative estimate of drug-likeness (QED) is 0.634. The number of aryl methyl sites for hydroxylation is 1. The van der Waals surface area contributed by atoms with Crippen LogP contribution in [0.4, 0.5) is 4.39 Å². The number of benzene rings is 1. The number of alkyl halides is 1. The number of hydrogen-bond donors (Lipinski definition) is 0. The van der Waals surface area contributed by atoms with E-state index in [4.69, 9.17) is 0 Å². The van der Waals surface area contributed by atoms with Crippen LogP contribution >= 0.6 is 22.6 Å². The second-order valence-corrected chi connectivity index (χ2v) is 3.90. The second-order valence-electron chi connectivity index (χ2n) is 2.74. The minimum atomic E-state index is -0.381. The van der Waals surface area contributed by atoms with Gasteiger partial charge in [0.05, 0.1) is 19.3 Å². The summed E-state index contributed by atoms with van der Waals surface area (Å²) in [5.74, 6) is -0.366. The predicted molar refractivity (Wildman–Crippen MR) is 60.2 cm³/mol. The maximum absolute atomic E-state index is 12.1. The highest BCUT2D eigenvalue weighted by Crippen LogP contribution is 2.16. The number of hydrogen-bond acceptors (Lipinski definition) is 2. The van der Waals surface area contributed by atoms with Gasteiger partial charge >= 0.3 is 5.97 Å². The third kappa shape index (κ3) is 2.67. The van der Waals surface area contributed by atoms with Crippen LogP contribution in [0.25, 0.3) is 0 Å². The lowest BCUT2D eigenvalue weighted by Gasteiger charge is -2.04. The fraction of sp³-hybridized carbons (Fsp3) is 0.300. The van der Waals surface area contributed by atoms with Gasteiger partial charge in [-0.05, 0) is 40.3 Å². The van der Waals surface area contributed by atoms with E-state index in [0.29, 0.717) is 12.0 Å². The van der Waals surface area contributed by atoms with Crippen molar-refractivity contribution in [3.05, 3.63) is 32.9 Å². The summed E-state index contributed by atoms with van der Waals surface area (Å²) in [5, 5.41) is 0. The van der Waals surface area contributed by atoms with Crippen molar-refractivity contribution in [1.29, 1.82) is 0 Å². The summed E-state index contributed by atoms with van der Waals surface area (Å²) < 4.78 is 17.6. The molecule has 76 valence electrons. The van der Waals surface area contributed by atoms with Crippen LogP contribution in [0.3, 0.4) is 0 Å². The summed E-state index contributed by atoms with van der Waals surface area (Å²) in [4.78, 5) is 11.1. The van der Waals surface area contributed by atoms with Gasteiger partial charge in [-0.1, -0.05) is 6.07 Å². The molecule has 0 amide bonds. The fourth-order valence-corrected chi connectivity index (χ4v) is 1.88. The molecule has 0 aromatic heterocycles. The SMILES string of the molecule is COC(=O)c1ccc(CCF)c(I)c1. The van der Waals surface area contributed by atoms with Gasteiger partial charge in [-0.3, -0.25) is 4.39 Å². The van der Waals surface area contributed by atoms with Crippen molar-refractivity contribution in [2.24, 2.45) is 0 Å². The van der Waals surface area contributed by atoms with Gasteiger partial charge in [0.2, 0.25) is 0 Å². The first-order chi connectivity index (χ1) is 6.69. The van der Waals surface area contributed by atoms with Gasteiger partial charge in [0.15, 0.2) is 0 Å². The Morgan fingerprint density at radius 2 is 2.29 bits per heavy atom. The molecule has 0 heterocycles. The molecule has 0 aliphatic rings. The minimum Gasteiger partial charge on any atom is -0.465 e. The summed E-state index contributed by atoms with van der Waals surface area (Å²) in [6, 6.07) is 5.12. The van der Waals surface area contributed by atoms with Crippen molar-refractivity contribution in [1.82, 2.24) is 0 Å². The molecule has 1 aromatic carbocycles. The first kappa shape index (κ1) is 11.4. The van der Waals surface area contributed by atoms with E-state index in [9.17, 15) is 9.18 Å². The maximum Gasteiger partial charge on any atom is 0.337 e. The first-order valence-corrected chi connectivity index (χ1v) is 5.19. The number of methoxy groups -OCH3 is 1. The third-order valence-corrected chi connectivity index (χ3v) is 2.84. The lowest BCUT2D eigenvalue weighted by atomic mass is 10.1. The van der Waals surface area contributed by atoms with E-state index in [1.807, 2.05) is 0 Å². The lowest BCUT2D eigenvalue weighted by molar-refractivity contribution is 0.0600. The Morgan fingerprint density at radius 1 is 1.57 bits per heavy atom. The number of halogens is 2. The standard InChI is InChI=1S/C10H10FIO2/c1-14-10(13)8-3-2-7(4-5-11)9(12)6-8/h2-3,6H,4-5H2,1H3. The maximum atomic E-state index is 12.1. The molecule has 0 bridgehead atoms. The highest BCUT2D eigenvalue weighted by Gasteiger charge is 2.07. The molecular weight excluding hydrogens is 298 g/mol. The Labute approximate surface area is 95.6 Å². The molecule has 0 atom stereocenters. The van der Waals surface area contributed by atoms with E-state index >= 15 is 0 Å². The molecule has 0 aliphatic heterocycles. The van der Waals surface area contributed by atoms with Crippen molar-refractivity contribution in [3.63, 3.8) is 0 Å². The summed E-state index contributed by atoms with van der Waals surface area (Å²) in [6.45, 7) is -0.381. The molecule has 14 heavy (non-hydrogen) atoms. The Balaban J connectivity index is 2.94. The van der Waals surface area contributed by atoms with Crippen molar-refractivity contribution in [2.75, 3.05) is 13.8 Å². The normalized spacial score (nSPS) is 9.93. The molecule has 0 saturated carbocycles. The monoisotopic (exact) mass is 308 g/mol. The highest BCUT2D eigenvalue weighted by molar-refractivity contribution is 14.1. The Bertz CT molecular complexity index is 339. The topological polar surface area (TPSA) is 26.3 Å². The Morgan fingerprint density at radius 3 is 2.79 bits per heavy atom. The molecule has 0 saturated heterocycles. The van der Waals surface area contributed by atoms with Crippen LogP contribution in [-0.2, 0) is 11.2 Å². The average molecular weight is 308 g/mol. The van der Waals surface area contributed by atoms with Crippen LogP contribution in [0.5, 0.6) is 0 Å². The molecular formula is C10H10FIO2. The Hall–Kier alpha value is -0.650. The summed E-state index contributed by atoms with van der Waals surface area (Å²) in [7, 11) is 1.34. The zero-order valence-electron chi connectivity index (χ0n) is 7.72. The van der Waals surface area contributed by atoms with E-state index in [-0.39, 0.29) is 12.6 Å². The van der Waals surface area contributed by atoms with Crippen molar-refractivity contribution in [2.45, 2.75) is 6.42 Å². The molecule has 1 aromatic rings. The van der Waals surface area contributed by atoms with Crippen molar-refractivity contribution >= 4 is 28.6 Å². The fourth-order valence-electron chi connectivity index (χ4n) is 1.10. The molecule has 0 N–H and O–H groups in total. The van der Waals surface area contributed by atoms with Crippen LogP contribution in [0.2, 0.25) is 0 Å². The predicted octanol–water partition coefficient (Wildman–Crippen LogP) is 2.59. The van der Waals surface area contributed by atoms with Crippen LogP contribution < -0.4 is 0 Å². The van der Waals surface area contributed by atoms with Crippen LogP contribution in [0.1, 0.15) is 15.9 Å². The van der Waals surface area contributed by atoms with Gasteiger partial charge in [-0.2, -0.15) is 0 Å². The molecule has 0 spiro atoms. The molecule has 2 nitrogen and oxygen atoms in total. The zero-order valence-corrected chi connectivity index (χ0v) is 9.88. The van der Waals surface area contributed by atoms with E-state index in [1.54, 1.807) is 18.2 Å². The van der Waals surface area contributed by atoms with E-state index in [0.717, 1.165) is 9.13 Å². The molecule has 0 fully saturated rings. The van der Waals surface area contributed by atoms with Crippen molar-refractivity contribution in [3.8, 4) is 0 Å². The van der Waals surface area contributed by atoms with Crippen LogP contribution in [0, 0.1) is 3.57 Å². The second kappa shape index (κ2) is 5.29. The van der Waals surface area contributed by atoms with Gasteiger partial charge in [0.1, 0.15) is 0 Å². The lowest BCUT2D eigenvalue weighted by Crippen LogP contribution is -2.02. The summed E-state index contributed by atoms with van der Waals surface area (Å²) in [6.07, 6.45) is 0.389. The highest BCUT2D eigenvalue weighted by atomic mass is 127. The molecule has 0 unspecified atom stereocenters. The van der Waals surface area contributed by atoms with Crippen LogP contribution in [-0.4, -0.2) is 19.8 Å². The van der Waals surface area contributed by atoms with Gasteiger partial charge in [0.25, 0.3) is 0 Å². The van der Waals surface area contributed by atoms with Gasteiger partial charge in [0, 0.05) is 9.99 Å². The largest absolute Gasteiger partial charge is 0.465 e. The molecule has 0 aliphatic carbocycles. The smallest absolute Gasteiger partial charge is 0.337 e. The van der Waals surface area contributed by atoms with E-state index < -0.39 is 0 Å². The van der Waals surface area contributed by atoms with Gasteiger partial charge in [-0.15, -0.1) is 0 Å². The minimum absolute atomic E-state index is 0.366. The van der Waals surface area contributed by atoms with Crippen LogP contribution in [0.15, 0.2) is 18.2 Å². The first-order valence-electron chi connectivity index (χ1n) is 4.11. The molecule has 4 heteroatoms. The number of carbonyl (C=O) groups is 1. The number of ether oxygens (including phenoxy) is 1. The number of esters is 1. The van der Waals surface area contributed by atoms with E-state index in [2.05, 4.69) is 27.3 Å². The number of carbonyl (C=O) groups excluding carboxylic acids is 1. The average Bonchev–Trinajstić information content (AvgIpc) is 2.20. The zero-order chi connectivity index (χ0) is 10.6. The number of rotatable bonds is 3. The van der Waals surface area contributed by atoms with Crippen molar-refractivity contribution < 1.29 is 13.9 Å². The van der Waals surface area contributed by atoms with E-state index in [1.165, 1.54) is 7.11 Å². The third-order valence-electron chi connectivity index (χ3n) is 1.84. The molecule has 1 rings (SSSR count). The Kier molecular flexibility index (Phi) is 4.31. The summed E-state index contributed by atoms with van der Waals surface area (Å²) in [5.41, 5.74) is 1.42. The van der Waals surface area contributed by atoms with Gasteiger partial charge < -0.3 is 4.74 Å². The molecule has 0 radical (unpaired) electrons. The summed E-state index contributed by atoms with van der Waals surface area (Å²) >= 11 is 2.08. The van der Waals surface area contributed by atoms with Gasteiger partial charge in [-0.25, -0.2) is 4.79 Å².